The van der Waals surface area contributed by atoms with Crippen LogP contribution in [0.1, 0.15) is 20.8 Å². The minimum atomic E-state index is -3.46. The van der Waals surface area contributed by atoms with Crippen molar-refractivity contribution in [2.75, 3.05) is 44.0 Å². The summed E-state index contributed by atoms with van der Waals surface area (Å²) in [6, 6.07) is -1.50. The van der Waals surface area contributed by atoms with Crippen LogP contribution < -0.4 is 16.0 Å². The summed E-state index contributed by atoms with van der Waals surface area (Å²) in [5.41, 5.74) is 0. The van der Waals surface area contributed by atoms with Gasteiger partial charge in [0.25, 0.3) is 0 Å². The van der Waals surface area contributed by atoms with Gasteiger partial charge < -0.3 is 35.2 Å². The van der Waals surface area contributed by atoms with Gasteiger partial charge in [0.2, 0.25) is 11.8 Å². The number of carbonyl (C=O) groups is 3. The standard InChI is InChI=1S/C15H30N3O8PS/c1-4-25-27(24,26-5-2)9-13(20)16-6-7-28-10-12(18-15(22)23)14(21)17-11(3)8-19/h11-12,18-19H,4-10H2,1-3H3,(H,16,20)(H,17,21)(H,22,23)/t11-,12+/m0/s1. The Morgan fingerprint density at radius 3 is 2.25 bits per heavy atom. The average Bonchev–Trinajstić information content (AvgIpc) is 2.59. The van der Waals surface area contributed by atoms with Crippen molar-refractivity contribution in [1.82, 2.24) is 16.0 Å². The van der Waals surface area contributed by atoms with Gasteiger partial charge >= 0.3 is 13.7 Å². The lowest BCUT2D eigenvalue weighted by atomic mass is 10.3. The van der Waals surface area contributed by atoms with Crippen molar-refractivity contribution in [3.05, 3.63) is 0 Å². The normalized spacial score (nSPS) is 13.4. The van der Waals surface area contributed by atoms with E-state index in [1.165, 1.54) is 11.8 Å². The molecule has 0 aromatic rings. The largest absolute Gasteiger partial charge is 0.465 e. The van der Waals surface area contributed by atoms with Gasteiger partial charge in [-0.3, -0.25) is 14.2 Å². The van der Waals surface area contributed by atoms with E-state index in [0.717, 1.165) is 0 Å². The molecule has 0 saturated heterocycles. The predicted octanol–water partition coefficient (Wildman–Crippen LogP) is 0.235. The number of rotatable bonds is 15. The number of aliphatic hydroxyl groups is 1. The van der Waals surface area contributed by atoms with Crippen LogP contribution in [0.15, 0.2) is 0 Å². The number of nitrogens with one attached hydrogen (secondary N) is 3. The summed E-state index contributed by atoms with van der Waals surface area (Å²) in [7, 11) is -3.46. The zero-order valence-electron chi connectivity index (χ0n) is 16.3. The van der Waals surface area contributed by atoms with Gasteiger partial charge in [-0.2, -0.15) is 11.8 Å². The Morgan fingerprint density at radius 1 is 1.14 bits per heavy atom. The van der Waals surface area contributed by atoms with Gasteiger partial charge in [0.05, 0.1) is 19.8 Å². The summed E-state index contributed by atoms with van der Waals surface area (Å²) in [6.45, 7) is 5.18. The lowest BCUT2D eigenvalue weighted by Crippen LogP contribution is -2.50. The van der Waals surface area contributed by atoms with Crippen LogP contribution in [0.5, 0.6) is 0 Å². The third kappa shape index (κ3) is 12.2. The second-order valence-corrected chi connectivity index (χ2v) is 8.83. The Hall–Kier alpha value is -1.33. The zero-order chi connectivity index (χ0) is 21.6. The third-order valence-electron chi connectivity index (χ3n) is 3.12. The molecule has 11 nitrogen and oxygen atoms in total. The number of carboxylic acid groups (broad SMARTS) is 1. The molecule has 0 aliphatic rings. The highest BCUT2D eigenvalue weighted by molar-refractivity contribution is 7.99. The molecule has 164 valence electrons. The average molecular weight is 443 g/mol. The predicted molar refractivity (Wildman–Crippen MR) is 106 cm³/mol. The molecule has 0 aliphatic heterocycles. The molecule has 0 unspecified atom stereocenters. The molecule has 0 saturated carbocycles. The second kappa shape index (κ2) is 14.6. The molecule has 5 N–H and O–H groups in total. The molecule has 0 rings (SSSR count). The Labute approximate surface area is 168 Å². The first kappa shape index (κ1) is 26.7. The highest BCUT2D eigenvalue weighted by Gasteiger charge is 2.27. The van der Waals surface area contributed by atoms with E-state index in [0.29, 0.717) is 5.75 Å². The molecule has 28 heavy (non-hydrogen) atoms. The van der Waals surface area contributed by atoms with Crippen LogP contribution >= 0.6 is 19.4 Å². The summed E-state index contributed by atoms with van der Waals surface area (Å²) < 4.78 is 22.3. The first-order valence-corrected chi connectivity index (χ1v) is 11.7. The lowest BCUT2D eigenvalue weighted by molar-refractivity contribution is -0.123. The van der Waals surface area contributed by atoms with Crippen LogP contribution in [0, 0.1) is 0 Å². The molecule has 0 bridgehead atoms. The van der Waals surface area contributed by atoms with Gasteiger partial charge in [-0.15, -0.1) is 0 Å². The van der Waals surface area contributed by atoms with Gasteiger partial charge in [0.1, 0.15) is 12.2 Å². The van der Waals surface area contributed by atoms with E-state index in [1.807, 2.05) is 0 Å². The molecule has 0 heterocycles. The second-order valence-electron chi connectivity index (χ2n) is 5.62. The van der Waals surface area contributed by atoms with Crippen LogP contribution in [0.2, 0.25) is 0 Å². The van der Waals surface area contributed by atoms with E-state index >= 15 is 0 Å². The van der Waals surface area contributed by atoms with E-state index in [2.05, 4.69) is 16.0 Å². The van der Waals surface area contributed by atoms with Crippen molar-refractivity contribution >= 4 is 37.3 Å². The number of amides is 3. The topological polar surface area (TPSA) is 163 Å². The number of carbonyl (C=O) groups excluding carboxylic acids is 2. The Morgan fingerprint density at radius 2 is 1.75 bits per heavy atom. The quantitative estimate of drug-likeness (QED) is 0.176. The monoisotopic (exact) mass is 443 g/mol. The van der Waals surface area contributed by atoms with Crippen molar-refractivity contribution in [2.45, 2.75) is 32.9 Å². The highest BCUT2D eigenvalue weighted by atomic mass is 32.2. The number of hydrogen-bond donors (Lipinski definition) is 5. The number of aliphatic hydroxyl groups excluding tert-OH is 1. The fourth-order valence-electron chi connectivity index (χ4n) is 1.94. The van der Waals surface area contributed by atoms with Gasteiger partial charge in [-0.05, 0) is 20.8 Å². The van der Waals surface area contributed by atoms with Crippen molar-refractivity contribution in [3.63, 3.8) is 0 Å². The molecule has 2 atom stereocenters. The minimum absolute atomic E-state index is 0.141. The third-order valence-corrected chi connectivity index (χ3v) is 6.16. The van der Waals surface area contributed by atoms with Crippen LogP contribution in [0.3, 0.4) is 0 Å². The van der Waals surface area contributed by atoms with Crippen LogP contribution in [-0.4, -0.2) is 84.2 Å². The maximum Gasteiger partial charge on any atom is 0.405 e. The molecule has 3 amide bonds. The van der Waals surface area contributed by atoms with Crippen LogP contribution in [-0.2, 0) is 23.2 Å². The van der Waals surface area contributed by atoms with Crippen LogP contribution in [0.25, 0.3) is 0 Å². The fourth-order valence-corrected chi connectivity index (χ4v) is 4.33. The molecule has 0 spiro atoms. The summed E-state index contributed by atoms with van der Waals surface area (Å²) in [4.78, 5) is 34.7. The van der Waals surface area contributed by atoms with Gasteiger partial charge in [-0.1, -0.05) is 0 Å². The lowest BCUT2D eigenvalue weighted by Gasteiger charge is -2.19. The van der Waals surface area contributed by atoms with Crippen molar-refractivity contribution in [1.29, 1.82) is 0 Å². The van der Waals surface area contributed by atoms with Gasteiger partial charge in [-0.25, -0.2) is 4.79 Å². The van der Waals surface area contributed by atoms with E-state index in [1.54, 1.807) is 20.8 Å². The summed E-state index contributed by atoms with van der Waals surface area (Å²) in [6.07, 6.45) is -1.72. The molecular formula is C15H30N3O8PS. The van der Waals surface area contributed by atoms with E-state index in [4.69, 9.17) is 19.3 Å². The van der Waals surface area contributed by atoms with Gasteiger partial charge in [0.15, 0.2) is 0 Å². The van der Waals surface area contributed by atoms with Crippen molar-refractivity contribution in [2.24, 2.45) is 0 Å². The Bertz CT molecular complexity index is 541. The summed E-state index contributed by atoms with van der Waals surface area (Å²) in [5.74, 6) is -0.488. The Kier molecular flexibility index (Phi) is 13.9. The Balaban J connectivity index is 4.34. The summed E-state index contributed by atoms with van der Waals surface area (Å²) in [5, 5.41) is 25.0. The molecular weight excluding hydrogens is 413 g/mol. The molecule has 0 fully saturated rings. The first-order valence-electron chi connectivity index (χ1n) is 8.80. The van der Waals surface area contributed by atoms with E-state index in [-0.39, 0.29) is 38.3 Å². The smallest absolute Gasteiger partial charge is 0.405 e. The molecule has 0 radical (unpaired) electrons. The van der Waals surface area contributed by atoms with E-state index in [9.17, 15) is 18.9 Å². The molecule has 0 aliphatic carbocycles. The maximum absolute atomic E-state index is 12.3. The number of thioether (sulfide) groups is 1. The highest BCUT2D eigenvalue weighted by Crippen LogP contribution is 2.47. The fraction of sp³-hybridized carbons (Fsp3) is 0.800. The number of hydrogen-bond acceptors (Lipinski definition) is 8. The molecule has 0 aromatic heterocycles. The van der Waals surface area contributed by atoms with Gasteiger partial charge in [0, 0.05) is 24.1 Å². The van der Waals surface area contributed by atoms with Crippen molar-refractivity contribution in [3.8, 4) is 0 Å². The maximum atomic E-state index is 12.3. The molecule has 0 aromatic carbocycles. The SMILES string of the molecule is CCOP(=O)(CC(=O)NCCSC[C@@H](NC(=O)O)C(=O)N[C@@H](C)CO)OCC. The van der Waals surface area contributed by atoms with Crippen LogP contribution in [0.4, 0.5) is 4.79 Å². The molecule has 13 heteroatoms. The first-order chi connectivity index (χ1) is 13.2. The summed E-state index contributed by atoms with van der Waals surface area (Å²) >= 11 is 1.25. The minimum Gasteiger partial charge on any atom is -0.465 e. The zero-order valence-corrected chi connectivity index (χ0v) is 18.0. The van der Waals surface area contributed by atoms with E-state index < -0.39 is 37.6 Å². The van der Waals surface area contributed by atoms with Crippen molar-refractivity contribution < 1.29 is 38.2 Å².